The lowest BCUT2D eigenvalue weighted by molar-refractivity contribution is -0.179. The number of aliphatic imine (C=N–C) groups is 1. The summed E-state index contributed by atoms with van der Waals surface area (Å²) in [6.45, 7) is 10.8. The first kappa shape index (κ1) is 28.5. The zero-order valence-corrected chi connectivity index (χ0v) is 23.2. The number of β-lactam (4-membered cyclic amide) rings is 1. The molecule has 0 bridgehead atoms. The zero-order chi connectivity index (χ0) is 26.5. The van der Waals surface area contributed by atoms with E-state index in [2.05, 4.69) is 19.9 Å². The fraction of sp³-hybridized carbons (Fsp3) is 0.826. The Balaban J connectivity index is 1.46. The molecule has 3 saturated heterocycles. The molecule has 3 aliphatic heterocycles. The lowest BCUT2D eigenvalue weighted by Gasteiger charge is -2.42. The first-order valence-electron chi connectivity index (χ1n) is 12.2. The number of amides is 1. The Labute approximate surface area is 220 Å². The number of carbonyl (C=O) groups is 3. The lowest BCUT2D eigenvalue weighted by Crippen LogP contribution is -2.65. The second kappa shape index (κ2) is 12.0. The molecule has 0 aliphatic carbocycles. The molecule has 3 aliphatic rings. The van der Waals surface area contributed by atoms with Gasteiger partial charge in [-0.15, -0.1) is 11.8 Å². The topological polar surface area (TPSA) is 137 Å². The molecule has 0 spiro atoms. The van der Waals surface area contributed by atoms with Crippen LogP contribution in [0.4, 0.5) is 0 Å². The van der Waals surface area contributed by atoms with Crippen molar-refractivity contribution in [3.05, 3.63) is 10.4 Å². The SMILES string of the molecule is CC(C)(C)C(=O)OCOC(=O)[C@@H]1N2C(=O)[C@@H](N=CN3CCC(CSCCN=[N+]=[N-])CC3)[C@H]2SC1(C)C. The highest BCUT2D eigenvalue weighted by Crippen LogP contribution is 2.51. The van der Waals surface area contributed by atoms with Gasteiger partial charge in [-0.1, -0.05) is 5.11 Å². The Bertz CT molecular complexity index is 909. The van der Waals surface area contributed by atoms with Gasteiger partial charge in [0.25, 0.3) is 5.91 Å². The molecule has 3 atom stereocenters. The van der Waals surface area contributed by atoms with E-state index >= 15 is 0 Å². The molecular formula is C23H36N6O5S2. The summed E-state index contributed by atoms with van der Waals surface area (Å²) in [5, 5.41) is 3.34. The highest BCUT2D eigenvalue weighted by Gasteiger charge is 2.64. The van der Waals surface area contributed by atoms with Crippen LogP contribution >= 0.6 is 23.5 Å². The summed E-state index contributed by atoms with van der Waals surface area (Å²) in [5.41, 5.74) is 7.63. The van der Waals surface area contributed by atoms with Gasteiger partial charge in [0.1, 0.15) is 11.4 Å². The molecule has 0 unspecified atom stereocenters. The van der Waals surface area contributed by atoms with Crippen LogP contribution in [0.5, 0.6) is 0 Å². The Morgan fingerprint density at radius 1 is 1.28 bits per heavy atom. The number of hydrogen-bond acceptors (Lipinski definition) is 9. The van der Waals surface area contributed by atoms with Crippen LogP contribution in [-0.2, 0) is 23.9 Å². The molecule has 3 fully saturated rings. The number of thioether (sulfide) groups is 2. The summed E-state index contributed by atoms with van der Waals surface area (Å²) in [4.78, 5) is 48.7. The van der Waals surface area contributed by atoms with Gasteiger partial charge in [0.2, 0.25) is 6.79 Å². The monoisotopic (exact) mass is 540 g/mol. The first-order valence-corrected chi connectivity index (χ1v) is 14.2. The van der Waals surface area contributed by atoms with E-state index in [1.807, 2.05) is 25.6 Å². The predicted molar refractivity (Wildman–Crippen MR) is 141 cm³/mol. The smallest absolute Gasteiger partial charge is 0.333 e. The van der Waals surface area contributed by atoms with E-state index in [9.17, 15) is 14.4 Å². The fourth-order valence-electron chi connectivity index (χ4n) is 4.35. The van der Waals surface area contributed by atoms with Crippen molar-refractivity contribution in [2.24, 2.45) is 21.4 Å². The van der Waals surface area contributed by atoms with Crippen molar-refractivity contribution in [1.29, 1.82) is 0 Å². The maximum atomic E-state index is 12.9. The Kier molecular flexibility index (Phi) is 9.45. The molecule has 0 aromatic carbocycles. The van der Waals surface area contributed by atoms with Crippen molar-refractivity contribution in [3.8, 4) is 0 Å². The van der Waals surface area contributed by atoms with E-state index in [4.69, 9.17) is 15.0 Å². The quantitative estimate of drug-likeness (QED) is 0.0474. The van der Waals surface area contributed by atoms with Gasteiger partial charge in [-0.2, -0.15) is 11.8 Å². The van der Waals surface area contributed by atoms with Gasteiger partial charge in [0, 0.05) is 29.3 Å². The minimum Gasteiger partial charge on any atom is -0.427 e. The van der Waals surface area contributed by atoms with Gasteiger partial charge >= 0.3 is 11.9 Å². The molecule has 0 radical (unpaired) electrons. The maximum absolute atomic E-state index is 12.9. The molecule has 0 aromatic heterocycles. The predicted octanol–water partition coefficient (Wildman–Crippen LogP) is 3.29. The van der Waals surface area contributed by atoms with Crippen molar-refractivity contribution in [2.45, 2.75) is 69.7 Å². The summed E-state index contributed by atoms with van der Waals surface area (Å²) < 4.78 is 9.71. The molecule has 11 nitrogen and oxygen atoms in total. The van der Waals surface area contributed by atoms with Crippen molar-refractivity contribution in [3.63, 3.8) is 0 Å². The third-order valence-electron chi connectivity index (χ3n) is 6.43. The molecule has 1 amide bonds. The summed E-state index contributed by atoms with van der Waals surface area (Å²) in [6, 6.07) is -1.27. The normalized spacial score (nSPS) is 25.8. The second-order valence-electron chi connectivity index (χ2n) is 10.7. The molecule has 0 aromatic rings. The number of hydrogen-bond donors (Lipinski definition) is 0. The number of rotatable bonds is 10. The van der Waals surface area contributed by atoms with Crippen molar-refractivity contribution in [2.75, 3.05) is 37.9 Å². The fourth-order valence-corrected chi connectivity index (χ4v) is 7.01. The van der Waals surface area contributed by atoms with E-state index in [1.54, 1.807) is 43.8 Å². The van der Waals surface area contributed by atoms with Gasteiger partial charge in [-0.05, 0) is 70.4 Å². The number of azide groups is 1. The van der Waals surface area contributed by atoms with Crippen LogP contribution in [0.25, 0.3) is 10.4 Å². The highest BCUT2D eigenvalue weighted by molar-refractivity contribution is 8.01. The molecule has 3 heterocycles. The number of piperidine rings is 1. The summed E-state index contributed by atoms with van der Waals surface area (Å²) >= 11 is 3.36. The van der Waals surface area contributed by atoms with Crippen LogP contribution in [0.1, 0.15) is 47.5 Å². The average Bonchev–Trinajstić information content (AvgIpc) is 3.06. The zero-order valence-electron chi connectivity index (χ0n) is 21.6. The summed E-state index contributed by atoms with van der Waals surface area (Å²) in [6.07, 6.45) is 3.91. The third kappa shape index (κ3) is 6.80. The number of ether oxygens (including phenoxy) is 2. The van der Waals surface area contributed by atoms with Crippen molar-refractivity contribution in [1.82, 2.24) is 9.80 Å². The summed E-state index contributed by atoms with van der Waals surface area (Å²) in [7, 11) is 0. The van der Waals surface area contributed by atoms with E-state index in [-0.39, 0.29) is 11.3 Å². The molecule has 200 valence electrons. The molecule has 13 heteroatoms. The lowest BCUT2D eigenvalue weighted by atomic mass is 9.96. The minimum atomic E-state index is -0.758. The maximum Gasteiger partial charge on any atom is 0.333 e. The number of fused-ring (bicyclic) bond motifs is 1. The average molecular weight is 541 g/mol. The molecule has 0 N–H and O–H groups in total. The second-order valence-corrected chi connectivity index (χ2v) is 13.7. The van der Waals surface area contributed by atoms with Gasteiger partial charge in [-0.25, -0.2) is 4.79 Å². The van der Waals surface area contributed by atoms with E-state index in [0.717, 1.165) is 37.4 Å². The number of carbonyl (C=O) groups excluding carboxylic acids is 3. The first-order chi connectivity index (χ1) is 17.0. The Morgan fingerprint density at radius 2 is 1.97 bits per heavy atom. The van der Waals surface area contributed by atoms with Crippen LogP contribution in [-0.4, -0.2) is 94.1 Å². The number of esters is 2. The van der Waals surface area contributed by atoms with Crippen LogP contribution in [0.2, 0.25) is 0 Å². The molecule has 0 saturated carbocycles. The van der Waals surface area contributed by atoms with Crippen LogP contribution in [0.3, 0.4) is 0 Å². The number of nitrogens with zero attached hydrogens (tertiary/aromatic N) is 6. The van der Waals surface area contributed by atoms with Gasteiger partial charge in [0.05, 0.1) is 11.8 Å². The standard InChI is InChI=1S/C23H36N6O5S2/c1-22(2,3)21(32)34-14-33-20(31)17-23(4,5)36-19-16(18(30)29(17)19)25-13-28-9-6-15(7-10-28)12-35-11-8-26-27-24/h13,15-17,19H,6-12,14H2,1-5H3/t16-,17+,19-/m1/s1. The van der Waals surface area contributed by atoms with Crippen LogP contribution in [0.15, 0.2) is 10.1 Å². The third-order valence-corrected chi connectivity index (χ3v) is 9.17. The van der Waals surface area contributed by atoms with Crippen molar-refractivity contribution >= 4 is 47.7 Å². The van der Waals surface area contributed by atoms with E-state index in [1.165, 1.54) is 0 Å². The minimum absolute atomic E-state index is 0.186. The highest BCUT2D eigenvalue weighted by atomic mass is 32.2. The number of likely N-dealkylation sites (tertiary alicyclic amines) is 1. The van der Waals surface area contributed by atoms with Gasteiger partial charge in [-0.3, -0.25) is 14.6 Å². The Morgan fingerprint density at radius 3 is 2.61 bits per heavy atom. The Hall–Kier alpha value is -2.11. The molecular weight excluding hydrogens is 504 g/mol. The van der Waals surface area contributed by atoms with Crippen LogP contribution in [0, 0.1) is 11.3 Å². The van der Waals surface area contributed by atoms with Gasteiger partial charge in [0.15, 0.2) is 6.04 Å². The van der Waals surface area contributed by atoms with E-state index < -0.39 is 41.0 Å². The van der Waals surface area contributed by atoms with E-state index in [0.29, 0.717) is 12.5 Å². The molecule has 3 rings (SSSR count). The van der Waals surface area contributed by atoms with Crippen molar-refractivity contribution < 1.29 is 23.9 Å². The largest absolute Gasteiger partial charge is 0.427 e. The molecule has 36 heavy (non-hydrogen) atoms. The summed E-state index contributed by atoms with van der Waals surface area (Å²) in [5.74, 6) is 1.31. The van der Waals surface area contributed by atoms with Gasteiger partial charge < -0.3 is 19.3 Å². The van der Waals surface area contributed by atoms with Crippen LogP contribution < -0.4 is 0 Å².